The van der Waals surface area contributed by atoms with Crippen LogP contribution in [0.4, 0.5) is 0 Å². The predicted molar refractivity (Wildman–Crippen MR) is 112 cm³/mol. The lowest BCUT2D eigenvalue weighted by Gasteiger charge is -2.31. The summed E-state index contributed by atoms with van der Waals surface area (Å²) in [5.74, 6) is 1.10. The van der Waals surface area contributed by atoms with Crippen molar-refractivity contribution >= 4 is 11.8 Å². The van der Waals surface area contributed by atoms with Crippen molar-refractivity contribution < 1.29 is 9.59 Å². The van der Waals surface area contributed by atoms with Gasteiger partial charge in [0.05, 0.1) is 11.5 Å². The lowest BCUT2D eigenvalue weighted by molar-refractivity contribution is -0.133. The molecule has 0 bridgehead atoms. The Morgan fingerprint density at radius 3 is 2.28 bits per heavy atom. The Balaban J connectivity index is 1.42. The predicted octanol–water partition coefficient (Wildman–Crippen LogP) is 3.70. The molecule has 3 atom stereocenters. The summed E-state index contributed by atoms with van der Waals surface area (Å²) in [6, 6.07) is 18.7. The minimum atomic E-state index is -0.307. The molecule has 4 heteroatoms. The second-order valence-corrected chi connectivity index (χ2v) is 9.06. The zero-order chi connectivity index (χ0) is 20.2. The maximum absolute atomic E-state index is 13.5. The Bertz CT molecular complexity index is 950. The molecule has 0 unspecified atom stereocenters. The van der Waals surface area contributed by atoms with E-state index in [1.54, 1.807) is 6.92 Å². The number of carbonyl (C=O) groups is 2. The summed E-state index contributed by atoms with van der Waals surface area (Å²) in [6.45, 7) is 6.06. The fraction of sp³-hybridized carbons (Fsp3) is 0.440. The van der Waals surface area contributed by atoms with Gasteiger partial charge in [-0.1, -0.05) is 54.6 Å². The first-order valence-corrected chi connectivity index (χ1v) is 10.7. The minimum Gasteiger partial charge on any atom is -0.341 e. The average molecular weight is 389 g/mol. The summed E-state index contributed by atoms with van der Waals surface area (Å²) in [4.78, 5) is 30.0. The van der Waals surface area contributed by atoms with Gasteiger partial charge < -0.3 is 9.80 Å². The molecule has 150 valence electrons. The molecule has 1 saturated carbocycles. The molecule has 0 aromatic heterocycles. The van der Waals surface area contributed by atoms with E-state index in [-0.39, 0.29) is 23.3 Å². The maximum Gasteiger partial charge on any atom is 0.233 e. The Labute approximate surface area is 172 Å². The molecule has 2 aromatic rings. The molecule has 0 spiro atoms. The number of nitrogens with zero attached hydrogens (tertiary/aromatic N) is 2. The van der Waals surface area contributed by atoms with Crippen LogP contribution in [0.25, 0.3) is 0 Å². The van der Waals surface area contributed by atoms with Crippen LogP contribution in [-0.4, -0.2) is 41.2 Å². The van der Waals surface area contributed by atoms with Crippen LogP contribution in [0, 0.1) is 18.8 Å². The number of likely N-dealkylation sites (tertiary alicyclic amines) is 2. The molecule has 4 nitrogen and oxygen atoms in total. The van der Waals surface area contributed by atoms with Gasteiger partial charge in [-0.05, 0) is 36.5 Å². The summed E-state index contributed by atoms with van der Waals surface area (Å²) < 4.78 is 0. The second-order valence-electron chi connectivity index (χ2n) is 9.06. The highest BCUT2D eigenvalue weighted by atomic mass is 16.2. The van der Waals surface area contributed by atoms with Gasteiger partial charge in [0.25, 0.3) is 0 Å². The molecule has 2 aliphatic heterocycles. The summed E-state index contributed by atoms with van der Waals surface area (Å²) in [5, 5.41) is 0. The molecule has 3 fully saturated rings. The van der Waals surface area contributed by atoms with Crippen LogP contribution in [0.2, 0.25) is 0 Å². The topological polar surface area (TPSA) is 40.6 Å². The van der Waals surface area contributed by atoms with E-state index < -0.39 is 0 Å². The van der Waals surface area contributed by atoms with E-state index in [0.29, 0.717) is 11.8 Å². The molecule has 2 saturated heterocycles. The van der Waals surface area contributed by atoms with Crippen LogP contribution < -0.4 is 0 Å². The van der Waals surface area contributed by atoms with Crippen molar-refractivity contribution in [3.63, 3.8) is 0 Å². The molecule has 0 radical (unpaired) electrons. The van der Waals surface area contributed by atoms with Crippen LogP contribution >= 0.6 is 0 Å². The highest BCUT2D eigenvalue weighted by Crippen LogP contribution is 2.52. The van der Waals surface area contributed by atoms with Crippen LogP contribution in [0.3, 0.4) is 0 Å². The van der Waals surface area contributed by atoms with Crippen LogP contribution in [-0.2, 0) is 15.0 Å². The van der Waals surface area contributed by atoms with E-state index in [1.165, 1.54) is 11.1 Å². The molecule has 2 aromatic carbocycles. The number of amides is 2. The summed E-state index contributed by atoms with van der Waals surface area (Å²) in [6.07, 6.45) is 1.89. The molecule has 1 aliphatic carbocycles. The van der Waals surface area contributed by atoms with Gasteiger partial charge >= 0.3 is 0 Å². The third kappa shape index (κ3) is 2.88. The number of carbonyl (C=O) groups excluding carboxylic acids is 2. The molecule has 0 N–H and O–H groups in total. The molecular formula is C25H28N2O2. The van der Waals surface area contributed by atoms with Crippen molar-refractivity contribution in [3.8, 4) is 0 Å². The molecule has 29 heavy (non-hydrogen) atoms. The number of benzene rings is 2. The summed E-state index contributed by atoms with van der Waals surface area (Å²) in [7, 11) is 0. The molecule has 3 aliphatic rings. The third-order valence-corrected chi connectivity index (χ3v) is 7.35. The first-order chi connectivity index (χ1) is 14.0. The summed E-state index contributed by atoms with van der Waals surface area (Å²) in [5.41, 5.74) is 3.30. The smallest absolute Gasteiger partial charge is 0.233 e. The average Bonchev–Trinajstić information content (AvgIpc) is 3.31. The van der Waals surface area contributed by atoms with Gasteiger partial charge in [0.15, 0.2) is 0 Å². The number of fused-ring (bicyclic) bond motifs is 1. The van der Waals surface area contributed by atoms with E-state index >= 15 is 0 Å². The van der Waals surface area contributed by atoms with E-state index in [4.69, 9.17) is 0 Å². The van der Waals surface area contributed by atoms with Gasteiger partial charge in [0.2, 0.25) is 11.8 Å². The van der Waals surface area contributed by atoms with Gasteiger partial charge in [-0.2, -0.15) is 0 Å². The molecular weight excluding hydrogens is 360 g/mol. The summed E-state index contributed by atoms with van der Waals surface area (Å²) >= 11 is 0. The lowest BCUT2D eigenvalue weighted by Crippen LogP contribution is -2.41. The van der Waals surface area contributed by atoms with Gasteiger partial charge in [-0.15, -0.1) is 0 Å². The first-order valence-electron chi connectivity index (χ1n) is 10.7. The van der Waals surface area contributed by atoms with E-state index in [1.807, 2.05) is 29.2 Å². The Morgan fingerprint density at radius 1 is 0.931 bits per heavy atom. The fourth-order valence-electron chi connectivity index (χ4n) is 5.66. The minimum absolute atomic E-state index is 0.0726. The van der Waals surface area contributed by atoms with Crippen LogP contribution in [0.15, 0.2) is 54.6 Å². The van der Waals surface area contributed by atoms with Crippen molar-refractivity contribution in [2.45, 2.75) is 38.1 Å². The SMILES string of the molecule is CC(=O)N1C[C@H]2CN(C(=O)C3(c4ccccc4)CC3)C[C@H]2[C@H]1c1ccccc1C. The molecule has 2 heterocycles. The highest BCUT2D eigenvalue weighted by Gasteiger charge is 2.57. The van der Waals surface area contributed by atoms with Crippen molar-refractivity contribution in [2.24, 2.45) is 11.8 Å². The van der Waals surface area contributed by atoms with Gasteiger partial charge in [-0.3, -0.25) is 9.59 Å². The Kier molecular flexibility index (Phi) is 4.27. The van der Waals surface area contributed by atoms with Crippen LogP contribution in [0.5, 0.6) is 0 Å². The first kappa shape index (κ1) is 18.4. The molecule has 5 rings (SSSR count). The van der Waals surface area contributed by atoms with Gasteiger partial charge in [0.1, 0.15) is 0 Å². The van der Waals surface area contributed by atoms with Gasteiger partial charge in [0, 0.05) is 38.4 Å². The number of rotatable bonds is 3. The lowest BCUT2D eigenvalue weighted by atomic mass is 9.87. The van der Waals surface area contributed by atoms with Crippen LogP contribution in [0.1, 0.15) is 42.5 Å². The Morgan fingerprint density at radius 2 is 1.62 bits per heavy atom. The van der Waals surface area contributed by atoms with E-state index in [9.17, 15) is 9.59 Å². The second kappa shape index (κ2) is 6.72. The van der Waals surface area contributed by atoms with Crippen molar-refractivity contribution in [2.75, 3.05) is 19.6 Å². The Hall–Kier alpha value is -2.62. The zero-order valence-corrected chi connectivity index (χ0v) is 17.2. The molecule has 2 amide bonds. The normalized spacial score (nSPS) is 27.0. The third-order valence-electron chi connectivity index (χ3n) is 7.35. The highest BCUT2D eigenvalue weighted by molar-refractivity contribution is 5.91. The van der Waals surface area contributed by atoms with Crippen molar-refractivity contribution in [1.82, 2.24) is 9.80 Å². The monoisotopic (exact) mass is 388 g/mol. The number of hydrogen-bond donors (Lipinski definition) is 0. The fourth-order valence-corrected chi connectivity index (χ4v) is 5.66. The van der Waals surface area contributed by atoms with Crippen molar-refractivity contribution in [3.05, 3.63) is 71.3 Å². The standard InChI is InChI=1S/C25H28N2O2/c1-17-8-6-7-11-21(17)23-22-16-26(14-19(22)15-27(23)18(2)28)24(29)25(12-13-25)20-9-4-3-5-10-20/h3-11,19,22-23H,12-16H2,1-2H3/t19-,22-,23-/m1/s1. The maximum atomic E-state index is 13.5. The van der Waals surface area contributed by atoms with Crippen molar-refractivity contribution in [1.29, 1.82) is 0 Å². The number of hydrogen-bond acceptors (Lipinski definition) is 2. The van der Waals surface area contributed by atoms with E-state index in [2.05, 4.69) is 42.2 Å². The zero-order valence-electron chi connectivity index (χ0n) is 17.2. The quantitative estimate of drug-likeness (QED) is 0.804. The van der Waals surface area contributed by atoms with Gasteiger partial charge in [-0.25, -0.2) is 0 Å². The van der Waals surface area contributed by atoms with E-state index in [0.717, 1.165) is 38.0 Å². The largest absolute Gasteiger partial charge is 0.341 e. The number of aryl methyl sites for hydroxylation is 1.